The number of hydrogen-bond donors (Lipinski definition) is 3. The Hall–Kier alpha value is -2.24. The molecule has 0 saturated heterocycles. The van der Waals surface area contributed by atoms with E-state index in [4.69, 9.17) is 16.6 Å². The van der Waals surface area contributed by atoms with Gasteiger partial charge in [0.2, 0.25) is 0 Å². The van der Waals surface area contributed by atoms with E-state index in [1.807, 2.05) is 0 Å². The molecule has 1 aromatic carbocycles. The number of nitrogen functional groups attached to an aromatic ring is 1. The van der Waals surface area contributed by atoms with Crippen molar-refractivity contribution in [1.29, 1.82) is 0 Å². The number of rotatable bonds is 1. The van der Waals surface area contributed by atoms with E-state index in [0.717, 1.165) is 0 Å². The van der Waals surface area contributed by atoms with E-state index >= 15 is 0 Å². The molecule has 1 rings (SSSR count). The van der Waals surface area contributed by atoms with E-state index in [1.165, 1.54) is 18.2 Å². The van der Waals surface area contributed by atoms with Crippen LogP contribution in [0.25, 0.3) is 0 Å². The standard InChI is InChI=1S/C8H8N3O3/c9-5-2-1-3-6(4-5)11(7(10)12)8(13)14/h1-3H,9H2,(H2,10,12)(H,13,14). The van der Waals surface area contributed by atoms with Crippen LogP contribution in [0.5, 0.6) is 0 Å². The molecule has 1 radical (unpaired) electrons. The average Bonchev–Trinajstić information content (AvgIpc) is 2.02. The van der Waals surface area contributed by atoms with E-state index in [1.54, 1.807) is 0 Å². The van der Waals surface area contributed by atoms with Crippen LogP contribution in [0.15, 0.2) is 18.2 Å². The highest BCUT2D eigenvalue weighted by molar-refractivity contribution is 6.10. The fourth-order valence-electron chi connectivity index (χ4n) is 0.921. The molecule has 0 unspecified atom stereocenters. The maximum Gasteiger partial charge on any atom is 0.420 e. The largest absolute Gasteiger partial charge is 0.464 e. The number of imide groups is 1. The molecule has 14 heavy (non-hydrogen) atoms. The number of urea groups is 1. The third-order valence-electron chi connectivity index (χ3n) is 1.45. The summed E-state index contributed by atoms with van der Waals surface area (Å²) in [6, 6.07) is 5.78. The number of carboxylic acid groups (broad SMARTS) is 1. The summed E-state index contributed by atoms with van der Waals surface area (Å²) >= 11 is 0. The van der Waals surface area contributed by atoms with Gasteiger partial charge in [-0.15, -0.1) is 0 Å². The summed E-state index contributed by atoms with van der Waals surface area (Å²) in [7, 11) is 0. The molecule has 6 nitrogen and oxygen atoms in total. The summed E-state index contributed by atoms with van der Waals surface area (Å²) in [6.45, 7) is 0. The van der Waals surface area contributed by atoms with Gasteiger partial charge in [-0.1, -0.05) is 6.07 Å². The van der Waals surface area contributed by atoms with E-state index in [0.29, 0.717) is 4.90 Å². The van der Waals surface area contributed by atoms with Gasteiger partial charge in [-0.25, -0.2) is 9.59 Å². The quantitative estimate of drug-likeness (QED) is 0.569. The van der Waals surface area contributed by atoms with Crippen molar-refractivity contribution in [3.63, 3.8) is 0 Å². The maximum absolute atomic E-state index is 10.8. The molecule has 0 fully saturated rings. The highest BCUT2D eigenvalue weighted by Gasteiger charge is 2.19. The Balaban J connectivity index is 3.12. The van der Waals surface area contributed by atoms with Crippen molar-refractivity contribution in [3.8, 4) is 0 Å². The normalized spacial score (nSPS) is 9.43. The van der Waals surface area contributed by atoms with E-state index in [2.05, 4.69) is 6.07 Å². The van der Waals surface area contributed by atoms with Crippen LogP contribution in [-0.2, 0) is 0 Å². The fraction of sp³-hybridized carbons (Fsp3) is 0. The second-order valence-electron chi connectivity index (χ2n) is 2.45. The number of anilines is 2. The minimum atomic E-state index is -1.47. The molecule has 6 heteroatoms. The van der Waals surface area contributed by atoms with Crippen LogP contribution in [0.1, 0.15) is 0 Å². The van der Waals surface area contributed by atoms with Gasteiger partial charge in [-0.2, -0.15) is 4.90 Å². The van der Waals surface area contributed by atoms with Gasteiger partial charge in [0.05, 0.1) is 5.69 Å². The van der Waals surface area contributed by atoms with Gasteiger partial charge in [-0.3, -0.25) is 0 Å². The van der Waals surface area contributed by atoms with Gasteiger partial charge in [0.15, 0.2) is 0 Å². The zero-order valence-corrected chi connectivity index (χ0v) is 7.10. The van der Waals surface area contributed by atoms with E-state index in [-0.39, 0.29) is 11.4 Å². The molecule has 0 aliphatic carbocycles. The van der Waals surface area contributed by atoms with Crippen molar-refractivity contribution < 1.29 is 14.7 Å². The summed E-state index contributed by atoms with van der Waals surface area (Å²) < 4.78 is 0. The molecule has 0 aliphatic heterocycles. The minimum Gasteiger partial charge on any atom is -0.464 e. The molecule has 3 amide bonds. The van der Waals surface area contributed by atoms with Crippen LogP contribution in [0, 0.1) is 6.07 Å². The molecule has 0 aromatic heterocycles. The zero-order chi connectivity index (χ0) is 10.7. The lowest BCUT2D eigenvalue weighted by Crippen LogP contribution is -2.39. The lowest BCUT2D eigenvalue weighted by molar-refractivity contribution is 0.200. The molecule has 0 atom stereocenters. The fourth-order valence-corrected chi connectivity index (χ4v) is 0.921. The molecule has 5 N–H and O–H groups in total. The number of hydrogen-bond acceptors (Lipinski definition) is 3. The molecule has 0 spiro atoms. The summed E-state index contributed by atoms with van der Waals surface area (Å²) in [4.78, 5) is 21.7. The van der Waals surface area contributed by atoms with Gasteiger partial charge in [0.1, 0.15) is 0 Å². The zero-order valence-electron chi connectivity index (χ0n) is 7.10. The van der Waals surface area contributed by atoms with Crippen LogP contribution in [-0.4, -0.2) is 17.2 Å². The van der Waals surface area contributed by atoms with Crippen molar-refractivity contribution in [1.82, 2.24) is 0 Å². The second kappa shape index (κ2) is 3.65. The number of nitrogens with zero attached hydrogens (tertiary/aromatic N) is 1. The molecular weight excluding hydrogens is 186 g/mol. The monoisotopic (exact) mass is 194 g/mol. The molecule has 0 bridgehead atoms. The van der Waals surface area contributed by atoms with E-state index < -0.39 is 12.1 Å². The van der Waals surface area contributed by atoms with Crippen molar-refractivity contribution in [3.05, 3.63) is 24.3 Å². The Morgan fingerprint density at radius 2 is 2.07 bits per heavy atom. The number of nitrogens with two attached hydrogens (primary N) is 2. The van der Waals surface area contributed by atoms with E-state index in [9.17, 15) is 9.59 Å². The van der Waals surface area contributed by atoms with Crippen LogP contribution in [0.4, 0.5) is 21.0 Å². The van der Waals surface area contributed by atoms with Crippen molar-refractivity contribution >= 4 is 23.5 Å². The first-order valence-corrected chi connectivity index (χ1v) is 3.62. The summed E-state index contributed by atoms with van der Waals surface area (Å²) in [5.74, 6) is 0. The number of primary amides is 1. The summed E-state index contributed by atoms with van der Waals surface area (Å²) in [5, 5.41) is 8.65. The lowest BCUT2D eigenvalue weighted by Gasteiger charge is -2.13. The number of amides is 3. The van der Waals surface area contributed by atoms with Gasteiger partial charge in [0, 0.05) is 11.8 Å². The number of benzene rings is 1. The Kier molecular flexibility index (Phi) is 2.57. The van der Waals surface area contributed by atoms with Crippen molar-refractivity contribution in [2.24, 2.45) is 5.73 Å². The smallest absolute Gasteiger partial charge is 0.420 e. The molecule has 0 saturated carbocycles. The van der Waals surface area contributed by atoms with Crippen molar-refractivity contribution in [2.75, 3.05) is 10.6 Å². The van der Waals surface area contributed by atoms with Crippen LogP contribution in [0.3, 0.4) is 0 Å². The van der Waals surface area contributed by atoms with Crippen LogP contribution in [0.2, 0.25) is 0 Å². The highest BCUT2D eigenvalue weighted by atomic mass is 16.4. The Labute approximate surface area is 79.7 Å². The van der Waals surface area contributed by atoms with Gasteiger partial charge < -0.3 is 16.6 Å². The second-order valence-corrected chi connectivity index (χ2v) is 2.45. The third kappa shape index (κ3) is 1.92. The molecular formula is C8H8N3O3. The molecule has 0 heterocycles. The predicted molar refractivity (Wildman–Crippen MR) is 49.8 cm³/mol. The SMILES string of the molecule is NC(=O)N(C(=O)O)c1[c]c(N)ccc1. The van der Waals surface area contributed by atoms with Gasteiger partial charge in [0.25, 0.3) is 0 Å². The van der Waals surface area contributed by atoms with Gasteiger partial charge >= 0.3 is 12.1 Å². The third-order valence-corrected chi connectivity index (χ3v) is 1.45. The van der Waals surface area contributed by atoms with Crippen LogP contribution >= 0.6 is 0 Å². The van der Waals surface area contributed by atoms with Gasteiger partial charge in [-0.05, 0) is 12.1 Å². The van der Waals surface area contributed by atoms with Crippen molar-refractivity contribution in [2.45, 2.75) is 0 Å². The summed E-state index contributed by atoms with van der Waals surface area (Å²) in [5.41, 5.74) is 10.5. The Morgan fingerprint density at radius 1 is 1.43 bits per heavy atom. The van der Waals surface area contributed by atoms with Crippen LogP contribution < -0.4 is 16.4 Å². The highest BCUT2D eigenvalue weighted by Crippen LogP contribution is 2.16. The lowest BCUT2D eigenvalue weighted by atomic mass is 10.2. The maximum atomic E-state index is 10.8. The topological polar surface area (TPSA) is 110 Å². The minimum absolute atomic E-state index is 0.00463. The molecule has 1 aromatic rings. The predicted octanol–water partition coefficient (Wildman–Crippen LogP) is 0.632. The first-order chi connectivity index (χ1) is 6.52. The summed E-state index contributed by atoms with van der Waals surface area (Å²) in [6.07, 6.45) is -1.47. The first kappa shape index (κ1) is 9.85. The first-order valence-electron chi connectivity index (χ1n) is 3.62. The molecule has 73 valence electrons. The Bertz CT molecular complexity index is 364. The number of carbonyl (C=O) groups is 2. The molecule has 0 aliphatic rings. The number of carbonyl (C=O) groups excluding carboxylic acids is 1. The average molecular weight is 194 g/mol. The Morgan fingerprint density at radius 3 is 2.50 bits per heavy atom.